The molecule has 0 radical (unpaired) electrons. The average molecular weight is 331 g/mol. The molecule has 1 heterocycles. The summed E-state index contributed by atoms with van der Waals surface area (Å²) in [6.07, 6.45) is 3.51. The van der Waals surface area contributed by atoms with Gasteiger partial charge in [-0.25, -0.2) is 4.79 Å². The third kappa shape index (κ3) is 4.28. The van der Waals surface area contributed by atoms with Crippen LogP contribution < -0.4 is 0 Å². The van der Waals surface area contributed by atoms with E-state index in [9.17, 15) is 9.90 Å². The first kappa shape index (κ1) is 17.2. The van der Waals surface area contributed by atoms with Crippen LogP contribution in [0.15, 0.2) is 30.3 Å². The fourth-order valence-electron chi connectivity index (χ4n) is 4.07. The van der Waals surface area contributed by atoms with Crippen LogP contribution in [0.4, 0.5) is 4.79 Å². The standard InChI is InChI=1S/C19H29N3O2/c1-20-10-12-21(13-11-20)17-8-5-9-18(14-17)22(19(23)24)15-16-6-3-2-4-7-16/h2-4,6-7,17-18H,5,8-15H2,1H3,(H,23,24). The largest absolute Gasteiger partial charge is 0.465 e. The van der Waals surface area contributed by atoms with E-state index in [4.69, 9.17) is 0 Å². The number of piperazine rings is 1. The van der Waals surface area contributed by atoms with Gasteiger partial charge in [0.05, 0.1) is 0 Å². The van der Waals surface area contributed by atoms with Crippen molar-refractivity contribution >= 4 is 6.09 Å². The molecule has 132 valence electrons. The Kier molecular flexibility index (Phi) is 5.74. The van der Waals surface area contributed by atoms with Crippen molar-refractivity contribution in [1.82, 2.24) is 14.7 Å². The molecule has 2 fully saturated rings. The number of hydrogen-bond acceptors (Lipinski definition) is 3. The number of amides is 1. The van der Waals surface area contributed by atoms with Gasteiger partial charge in [-0.3, -0.25) is 4.90 Å². The minimum Gasteiger partial charge on any atom is -0.465 e. The maximum absolute atomic E-state index is 11.8. The summed E-state index contributed by atoms with van der Waals surface area (Å²) in [5, 5.41) is 9.72. The Hall–Kier alpha value is -1.59. The van der Waals surface area contributed by atoms with E-state index in [1.807, 2.05) is 30.3 Å². The van der Waals surface area contributed by atoms with Crippen molar-refractivity contribution in [1.29, 1.82) is 0 Å². The second-order valence-corrected chi connectivity index (χ2v) is 7.21. The Morgan fingerprint density at radius 3 is 2.54 bits per heavy atom. The zero-order valence-electron chi connectivity index (χ0n) is 14.6. The van der Waals surface area contributed by atoms with Gasteiger partial charge in [-0.1, -0.05) is 30.3 Å². The molecular weight excluding hydrogens is 302 g/mol. The summed E-state index contributed by atoms with van der Waals surface area (Å²) in [6.45, 7) is 4.96. The molecule has 5 nitrogen and oxygen atoms in total. The van der Waals surface area contributed by atoms with E-state index in [0.717, 1.165) is 51.0 Å². The van der Waals surface area contributed by atoms with Gasteiger partial charge in [-0.05, 0) is 38.3 Å². The number of likely N-dealkylation sites (N-methyl/N-ethyl adjacent to an activating group) is 1. The van der Waals surface area contributed by atoms with Gasteiger partial charge < -0.3 is 14.9 Å². The van der Waals surface area contributed by atoms with E-state index in [2.05, 4.69) is 16.8 Å². The lowest BCUT2D eigenvalue weighted by Gasteiger charge is -2.43. The molecule has 2 aliphatic rings. The van der Waals surface area contributed by atoms with Crippen molar-refractivity contribution in [2.24, 2.45) is 0 Å². The molecule has 5 heteroatoms. The van der Waals surface area contributed by atoms with Gasteiger partial charge in [0, 0.05) is 44.8 Å². The fraction of sp³-hybridized carbons (Fsp3) is 0.632. The van der Waals surface area contributed by atoms with E-state index >= 15 is 0 Å². The summed E-state index contributed by atoms with van der Waals surface area (Å²) in [5.41, 5.74) is 1.07. The van der Waals surface area contributed by atoms with Crippen LogP contribution in [0.2, 0.25) is 0 Å². The highest BCUT2D eigenvalue weighted by Gasteiger charge is 2.33. The van der Waals surface area contributed by atoms with Gasteiger partial charge in [-0.15, -0.1) is 0 Å². The Morgan fingerprint density at radius 1 is 1.17 bits per heavy atom. The quantitative estimate of drug-likeness (QED) is 0.921. The van der Waals surface area contributed by atoms with E-state index in [1.165, 1.54) is 6.42 Å². The normalized spacial score (nSPS) is 26.2. The van der Waals surface area contributed by atoms with Gasteiger partial charge in [0.1, 0.15) is 0 Å². The zero-order chi connectivity index (χ0) is 16.9. The minimum absolute atomic E-state index is 0.140. The van der Waals surface area contributed by atoms with Crippen molar-refractivity contribution in [3.8, 4) is 0 Å². The minimum atomic E-state index is -0.789. The molecule has 1 saturated carbocycles. The van der Waals surface area contributed by atoms with Gasteiger partial charge in [0.25, 0.3) is 0 Å². The van der Waals surface area contributed by atoms with E-state index in [-0.39, 0.29) is 6.04 Å². The van der Waals surface area contributed by atoms with Crippen LogP contribution in [-0.4, -0.2) is 71.2 Å². The maximum atomic E-state index is 11.8. The third-order valence-electron chi connectivity index (χ3n) is 5.56. The Balaban J connectivity index is 1.63. The molecule has 0 bridgehead atoms. The molecular formula is C19H29N3O2. The Morgan fingerprint density at radius 2 is 1.88 bits per heavy atom. The van der Waals surface area contributed by atoms with Crippen LogP contribution >= 0.6 is 0 Å². The van der Waals surface area contributed by atoms with E-state index in [0.29, 0.717) is 12.6 Å². The summed E-state index contributed by atoms with van der Waals surface area (Å²) in [7, 11) is 2.17. The molecule has 2 atom stereocenters. The van der Waals surface area contributed by atoms with Crippen LogP contribution in [0.3, 0.4) is 0 Å². The molecule has 1 aromatic carbocycles. The Bertz CT molecular complexity index is 529. The van der Waals surface area contributed by atoms with Crippen LogP contribution in [-0.2, 0) is 6.54 Å². The molecule has 0 spiro atoms. The van der Waals surface area contributed by atoms with Crippen LogP contribution in [0.1, 0.15) is 31.2 Å². The number of rotatable bonds is 4. The van der Waals surface area contributed by atoms with Gasteiger partial charge >= 0.3 is 6.09 Å². The van der Waals surface area contributed by atoms with Crippen LogP contribution in [0.25, 0.3) is 0 Å². The number of benzene rings is 1. The lowest BCUT2D eigenvalue weighted by molar-refractivity contribution is 0.0517. The SMILES string of the molecule is CN1CCN(C2CCCC(N(Cc3ccccc3)C(=O)O)C2)CC1. The number of nitrogens with zero attached hydrogens (tertiary/aromatic N) is 3. The van der Waals surface area contributed by atoms with E-state index < -0.39 is 6.09 Å². The molecule has 1 aromatic rings. The number of carbonyl (C=O) groups is 1. The lowest BCUT2D eigenvalue weighted by Crippen LogP contribution is -2.53. The molecule has 24 heavy (non-hydrogen) atoms. The Labute approximate surface area is 144 Å². The van der Waals surface area contributed by atoms with E-state index in [1.54, 1.807) is 4.90 Å². The summed E-state index contributed by atoms with van der Waals surface area (Å²) in [4.78, 5) is 18.4. The van der Waals surface area contributed by atoms with Gasteiger partial charge in [0.15, 0.2) is 0 Å². The fourth-order valence-corrected chi connectivity index (χ4v) is 4.07. The van der Waals surface area contributed by atoms with Crippen molar-refractivity contribution in [3.05, 3.63) is 35.9 Å². The first-order valence-electron chi connectivity index (χ1n) is 9.09. The van der Waals surface area contributed by atoms with Crippen molar-refractivity contribution in [2.75, 3.05) is 33.2 Å². The third-order valence-corrected chi connectivity index (χ3v) is 5.56. The van der Waals surface area contributed by atoms with Crippen molar-refractivity contribution in [2.45, 2.75) is 44.3 Å². The van der Waals surface area contributed by atoms with Gasteiger partial charge in [-0.2, -0.15) is 0 Å². The first-order valence-corrected chi connectivity index (χ1v) is 9.09. The van der Waals surface area contributed by atoms with Crippen molar-refractivity contribution in [3.63, 3.8) is 0 Å². The highest BCUT2D eigenvalue weighted by molar-refractivity contribution is 5.65. The molecule has 0 aromatic heterocycles. The first-order chi connectivity index (χ1) is 11.6. The molecule has 1 N–H and O–H groups in total. The second kappa shape index (κ2) is 7.99. The van der Waals surface area contributed by atoms with Crippen LogP contribution in [0, 0.1) is 0 Å². The zero-order valence-corrected chi connectivity index (χ0v) is 14.6. The molecule has 3 rings (SSSR count). The summed E-state index contributed by atoms with van der Waals surface area (Å²) in [5.74, 6) is 0. The molecule has 1 saturated heterocycles. The lowest BCUT2D eigenvalue weighted by atomic mass is 9.88. The number of hydrogen-bond donors (Lipinski definition) is 1. The highest BCUT2D eigenvalue weighted by atomic mass is 16.4. The predicted molar refractivity (Wildman–Crippen MR) is 95.1 cm³/mol. The molecule has 1 amide bonds. The summed E-state index contributed by atoms with van der Waals surface area (Å²) >= 11 is 0. The highest BCUT2D eigenvalue weighted by Crippen LogP contribution is 2.28. The predicted octanol–water partition coefficient (Wildman–Crippen LogP) is 2.73. The topological polar surface area (TPSA) is 47.0 Å². The van der Waals surface area contributed by atoms with Crippen LogP contribution in [0.5, 0.6) is 0 Å². The molecule has 1 aliphatic carbocycles. The average Bonchev–Trinajstić information content (AvgIpc) is 2.61. The smallest absolute Gasteiger partial charge is 0.407 e. The number of carboxylic acid groups (broad SMARTS) is 1. The van der Waals surface area contributed by atoms with Gasteiger partial charge in [0.2, 0.25) is 0 Å². The summed E-state index contributed by atoms with van der Waals surface area (Å²) < 4.78 is 0. The molecule has 2 unspecified atom stereocenters. The maximum Gasteiger partial charge on any atom is 0.407 e. The monoisotopic (exact) mass is 331 g/mol. The molecule has 1 aliphatic heterocycles. The summed E-state index contributed by atoms with van der Waals surface area (Å²) in [6, 6.07) is 10.6. The second-order valence-electron chi connectivity index (χ2n) is 7.21. The van der Waals surface area contributed by atoms with Crippen molar-refractivity contribution < 1.29 is 9.90 Å².